The Morgan fingerprint density at radius 1 is 1.18 bits per heavy atom. The number of nitrogens with one attached hydrogen (secondary N) is 2. The number of alkyl halides is 2. The van der Waals surface area contributed by atoms with Crippen molar-refractivity contribution in [2.75, 3.05) is 36.9 Å². The molecule has 11 heteroatoms. The van der Waals surface area contributed by atoms with Crippen LogP contribution in [0.15, 0.2) is 48.7 Å². The molecule has 2 N–H and O–H groups in total. The number of urea groups is 1. The fraction of sp³-hybridized carbons (Fsp3) is 0.304. The van der Waals surface area contributed by atoms with Gasteiger partial charge in [-0.1, -0.05) is 6.07 Å². The van der Waals surface area contributed by atoms with Crippen molar-refractivity contribution >= 4 is 17.4 Å². The van der Waals surface area contributed by atoms with Crippen LogP contribution in [-0.4, -0.2) is 53.2 Å². The molecule has 2 aliphatic heterocycles. The summed E-state index contributed by atoms with van der Waals surface area (Å²) < 4.78 is 43.5. The molecule has 0 atom stereocenters. The zero-order chi connectivity index (χ0) is 23.7. The number of rotatable bonds is 7. The van der Waals surface area contributed by atoms with Crippen LogP contribution in [0.1, 0.15) is 6.42 Å². The largest absolute Gasteiger partial charge is 0.586 e. The van der Waals surface area contributed by atoms with E-state index in [1.165, 1.54) is 24.6 Å². The lowest BCUT2D eigenvalue weighted by Crippen LogP contribution is -2.39. The third-order valence-electron chi connectivity index (χ3n) is 5.62. The van der Waals surface area contributed by atoms with Crippen LogP contribution in [0.5, 0.6) is 17.2 Å². The number of likely N-dealkylation sites (tertiary alicyclic amines) is 1. The number of hydrogen-bond donors (Lipinski definition) is 2. The second-order valence-corrected chi connectivity index (χ2v) is 7.97. The number of ether oxygens (including phenoxy) is 3. The van der Waals surface area contributed by atoms with Crippen LogP contribution in [0.2, 0.25) is 0 Å². The summed E-state index contributed by atoms with van der Waals surface area (Å²) >= 11 is 0. The molecule has 9 nitrogen and oxygen atoms in total. The van der Waals surface area contributed by atoms with Crippen molar-refractivity contribution in [1.82, 2.24) is 14.7 Å². The molecule has 34 heavy (non-hydrogen) atoms. The molecular formula is C23H23F2N5O4. The van der Waals surface area contributed by atoms with E-state index in [1.807, 2.05) is 13.1 Å². The molecule has 3 aromatic rings. The number of amides is 2. The number of aryl methyl sites for hydroxylation is 1. The molecule has 0 aliphatic carbocycles. The fourth-order valence-electron chi connectivity index (χ4n) is 3.81. The standard InChI is InChI=1S/C23H23F2N5O4/c1-29-18(8-9-26-29)16-14-15(6-7-19(16)32-13-12-30-10-3-11-30)27-22(31)28-17-4-2-5-20-21(17)34-23(24,25)33-20/h2,4-9,14H,3,10-13H2,1H3,(H2,27,28,31). The summed E-state index contributed by atoms with van der Waals surface area (Å²) in [5.41, 5.74) is 2.12. The van der Waals surface area contributed by atoms with Gasteiger partial charge in [-0.2, -0.15) is 5.10 Å². The van der Waals surface area contributed by atoms with E-state index in [4.69, 9.17) is 4.74 Å². The van der Waals surface area contributed by atoms with Crippen LogP contribution in [-0.2, 0) is 7.05 Å². The van der Waals surface area contributed by atoms with E-state index in [2.05, 4.69) is 30.1 Å². The number of benzene rings is 2. The number of anilines is 2. The second kappa shape index (κ2) is 8.82. The van der Waals surface area contributed by atoms with Gasteiger partial charge < -0.3 is 24.8 Å². The van der Waals surface area contributed by atoms with E-state index >= 15 is 0 Å². The van der Waals surface area contributed by atoms with E-state index in [9.17, 15) is 13.6 Å². The number of fused-ring (bicyclic) bond motifs is 1. The predicted molar refractivity (Wildman–Crippen MR) is 120 cm³/mol. The van der Waals surface area contributed by atoms with Crippen molar-refractivity contribution in [3.8, 4) is 28.5 Å². The maximum atomic E-state index is 13.4. The molecule has 1 saturated heterocycles. The third-order valence-corrected chi connectivity index (χ3v) is 5.62. The summed E-state index contributed by atoms with van der Waals surface area (Å²) in [5, 5.41) is 9.46. The highest BCUT2D eigenvalue weighted by atomic mass is 19.3. The molecule has 2 aliphatic rings. The molecular weight excluding hydrogens is 448 g/mol. The summed E-state index contributed by atoms with van der Waals surface area (Å²) in [6.45, 7) is 3.58. The lowest BCUT2D eigenvalue weighted by atomic mass is 10.1. The first kappa shape index (κ1) is 22.0. The van der Waals surface area contributed by atoms with Crippen LogP contribution in [0, 0.1) is 0 Å². The van der Waals surface area contributed by atoms with Crippen molar-refractivity contribution < 1.29 is 27.8 Å². The van der Waals surface area contributed by atoms with E-state index in [1.54, 1.807) is 29.1 Å². The van der Waals surface area contributed by atoms with Gasteiger partial charge in [-0.3, -0.25) is 9.58 Å². The topological polar surface area (TPSA) is 89.9 Å². The predicted octanol–water partition coefficient (Wildman–Crippen LogP) is 4.14. The second-order valence-electron chi connectivity index (χ2n) is 7.97. The van der Waals surface area contributed by atoms with Gasteiger partial charge >= 0.3 is 12.3 Å². The van der Waals surface area contributed by atoms with Gasteiger partial charge in [0.15, 0.2) is 11.5 Å². The maximum absolute atomic E-state index is 13.4. The Morgan fingerprint density at radius 2 is 2.03 bits per heavy atom. The minimum atomic E-state index is -3.78. The Labute approximate surface area is 194 Å². The van der Waals surface area contributed by atoms with Crippen molar-refractivity contribution in [3.05, 3.63) is 48.7 Å². The lowest BCUT2D eigenvalue weighted by molar-refractivity contribution is -0.286. The molecule has 0 saturated carbocycles. The quantitative estimate of drug-likeness (QED) is 0.539. The minimum absolute atomic E-state index is 0.0602. The van der Waals surface area contributed by atoms with Gasteiger partial charge in [0.05, 0.1) is 11.4 Å². The Kier molecular flexibility index (Phi) is 5.70. The van der Waals surface area contributed by atoms with Gasteiger partial charge in [-0.05, 0) is 55.9 Å². The summed E-state index contributed by atoms with van der Waals surface area (Å²) in [4.78, 5) is 14.9. The van der Waals surface area contributed by atoms with Crippen LogP contribution >= 0.6 is 0 Å². The smallest absolute Gasteiger partial charge is 0.492 e. The van der Waals surface area contributed by atoms with Crippen LogP contribution in [0.4, 0.5) is 25.0 Å². The van der Waals surface area contributed by atoms with E-state index in [0.717, 1.165) is 30.9 Å². The number of hydrogen-bond acceptors (Lipinski definition) is 6. The highest BCUT2D eigenvalue weighted by Crippen LogP contribution is 2.45. The minimum Gasteiger partial charge on any atom is -0.492 e. The SMILES string of the molecule is Cn1nccc1-c1cc(NC(=O)Nc2cccc3c2OC(F)(F)O3)ccc1OCCN1CCC1. The first-order valence-corrected chi connectivity index (χ1v) is 10.8. The van der Waals surface area contributed by atoms with Gasteiger partial charge in [0, 0.05) is 31.0 Å². The summed E-state index contributed by atoms with van der Waals surface area (Å²) in [5.74, 6) is 0.286. The highest BCUT2D eigenvalue weighted by molar-refractivity contribution is 6.01. The first-order chi connectivity index (χ1) is 16.4. The fourth-order valence-corrected chi connectivity index (χ4v) is 3.81. The molecule has 2 aromatic carbocycles. The molecule has 2 amide bonds. The van der Waals surface area contributed by atoms with Gasteiger partial charge in [-0.15, -0.1) is 8.78 Å². The third kappa shape index (κ3) is 4.60. The molecule has 3 heterocycles. The average molecular weight is 471 g/mol. The Bertz CT molecular complexity index is 1210. The number of carbonyl (C=O) groups is 1. The zero-order valence-corrected chi connectivity index (χ0v) is 18.4. The van der Waals surface area contributed by atoms with Crippen molar-refractivity contribution in [3.63, 3.8) is 0 Å². The normalized spacial score (nSPS) is 16.1. The van der Waals surface area contributed by atoms with Gasteiger partial charge in [0.1, 0.15) is 12.4 Å². The number of nitrogens with zero attached hydrogens (tertiary/aromatic N) is 3. The zero-order valence-electron chi connectivity index (χ0n) is 18.4. The van der Waals surface area contributed by atoms with Crippen LogP contribution in [0.3, 0.4) is 0 Å². The molecule has 0 spiro atoms. The molecule has 5 rings (SSSR count). The van der Waals surface area contributed by atoms with Crippen LogP contribution in [0.25, 0.3) is 11.3 Å². The molecule has 178 valence electrons. The van der Waals surface area contributed by atoms with Crippen LogP contribution < -0.4 is 24.8 Å². The summed E-state index contributed by atoms with van der Waals surface area (Å²) in [7, 11) is 1.82. The van der Waals surface area contributed by atoms with Gasteiger partial charge in [-0.25, -0.2) is 4.79 Å². The number of aromatic nitrogens is 2. The van der Waals surface area contributed by atoms with Gasteiger partial charge in [0.25, 0.3) is 0 Å². The summed E-state index contributed by atoms with van der Waals surface area (Å²) in [6.07, 6.45) is -0.879. The van der Waals surface area contributed by atoms with Crippen molar-refractivity contribution in [1.29, 1.82) is 0 Å². The van der Waals surface area contributed by atoms with Crippen molar-refractivity contribution in [2.45, 2.75) is 12.7 Å². The highest BCUT2D eigenvalue weighted by Gasteiger charge is 2.44. The first-order valence-electron chi connectivity index (χ1n) is 10.8. The number of para-hydroxylation sites is 1. The Morgan fingerprint density at radius 3 is 2.76 bits per heavy atom. The molecule has 0 unspecified atom stereocenters. The number of halogens is 2. The Hall–Kier alpha value is -3.86. The molecule has 0 bridgehead atoms. The van der Waals surface area contributed by atoms with E-state index in [0.29, 0.717) is 18.0 Å². The maximum Gasteiger partial charge on any atom is 0.586 e. The average Bonchev–Trinajstić information content (AvgIpc) is 3.32. The summed E-state index contributed by atoms with van der Waals surface area (Å²) in [6, 6.07) is 10.7. The molecule has 1 aromatic heterocycles. The lowest BCUT2D eigenvalue weighted by Gasteiger charge is -2.30. The number of carbonyl (C=O) groups excluding carboxylic acids is 1. The van der Waals surface area contributed by atoms with E-state index < -0.39 is 12.3 Å². The monoisotopic (exact) mass is 471 g/mol. The molecule has 1 fully saturated rings. The molecule has 0 radical (unpaired) electrons. The van der Waals surface area contributed by atoms with E-state index in [-0.39, 0.29) is 17.2 Å². The van der Waals surface area contributed by atoms with Gasteiger partial charge in [0.2, 0.25) is 0 Å². The van der Waals surface area contributed by atoms with Crippen molar-refractivity contribution in [2.24, 2.45) is 7.05 Å². The Balaban J connectivity index is 1.31.